The average Bonchev–Trinajstić information content (AvgIpc) is 2.67. The van der Waals surface area contributed by atoms with Crippen molar-refractivity contribution in [1.82, 2.24) is 4.90 Å². The quantitative estimate of drug-likeness (QED) is 0.737. The summed E-state index contributed by atoms with van der Waals surface area (Å²) in [6.07, 6.45) is 5.54. The maximum absolute atomic E-state index is 12.4. The summed E-state index contributed by atoms with van der Waals surface area (Å²) in [6.45, 7) is 5.34. The molecular weight excluding hydrogens is 200 g/mol. The molecule has 1 aliphatic carbocycles. The topological polar surface area (TPSA) is 46.3 Å². The molecule has 2 rings (SSSR count). The van der Waals surface area contributed by atoms with E-state index in [9.17, 15) is 4.79 Å². The standard InChI is InChI=1S/C13H24N2O/c1-9-6-7-10(2)15(8-9)13(16)11-4-3-5-12(11)14/h9-12H,3-8,14H2,1-2H3. The number of likely N-dealkylation sites (tertiary alicyclic amines) is 1. The van der Waals surface area contributed by atoms with Gasteiger partial charge < -0.3 is 10.6 Å². The van der Waals surface area contributed by atoms with E-state index in [-0.39, 0.29) is 12.0 Å². The molecular formula is C13H24N2O. The minimum atomic E-state index is 0.104. The highest BCUT2D eigenvalue weighted by atomic mass is 16.2. The number of nitrogens with two attached hydrogens (primary N) is 1. The third-order valence-electron chi connectivity index (χ3n) is 4.29. The Morgan fingerprint density at radius 1 is 1.19 bits per heavy atom. The Labute approximate surface area is 98.4 Å². The molecule has 1 aliphatic heterocycles. The van der Waals surface area contributed by atoms with Gasteiger partial charge in [0.15, 0.2) is 0 Å². The third kappa shape index (κ3) is 2.24. The molecule has 2 aliphatic rings. The fraction of sp³-hybridized carbons (Fsp3) is 0.923. The van der Waals surface area contributed by atoms with Crippen molar-refractivity contribution in [2.45, 2.75) is 58.0 Å². The molecule has 4 atom stereocenters. The number of carbonyl (C=O) groups is 1. The lowest BCUT2D eigenvalue weighted by Gasteiger charge is -2.38. The van der Waals surface area contributed by atoms with Gasteiger partial charge in [-0.1, -0.05) is 13.3 Å². The molecule has 92 valence electrons. The molecule has 1 amide bonds. The van der Waals surface area contributed by atoms with Gasteiger partial charge in [-0.2, -0.15) is 0 Å². The van der Waals surface area contributed by atoms with Crippen LogP contribution in [0.25, 0.3) is 0 Å². The van der Waals surface area contributed by atoms with Gasteiger partial charge in [0.1, 0.15) is 0 Å². The van der Waals surface area contributed by atoms with E-state index in [4.69, 9.17) is 5.73 Å². The van der Waals surface area contributed by atoms with Crippen LogP contribution in [-0.4, -0.2) is 29.4 Å². The molecule has 2 N–H and O–H groups in total. The summed E-state index contributed by atoms with van der Waals surface area (Å²) in [5, 5.41) is 0. The van der Waals surface area contributed by atoms with Gasteiger partial charge in [0.2, 0.25) is 5.91 Å². The summed E-state index contributed by atoms with van der Waals surface area (Å²) in [5.74, 6) is 1.08. The minimum Gasteiger partial charge on any atom is -0.339 e. The highest BCUT2D eigenvalue weighted by Crippen LogP contribution is 2.29. The van der Waals surface area contributed by atoms with E-state index in [1.807, 2.05) is 0 Å². The minimum absolute atomic E-state index is 0.104. The molecule has 1 saturated heterocycles. The highest BCUT2D eigenvalue weighted by molar-refractivity contribution is 5.80. The smallest absolute Gasteiger partial charge is 0.227 e. The Morgan fingerprint density at radius 2 is 1.94 bits per heavy atom. The van der Waals surface area contributed by atoms with E-state index < -0.39 is 0 Å². The maximum Gasteiger partial charge on any atom is 0.227 e. The first-order chi connectivity index (χ1) is 7.59. The molecule has 0 radical (unpaired) electrons. The van der Waals surface area contributed by atoms with E-state index in [1.165, 1.54) is 6.42 Å². The fourth-order valence-electron chi connectivity index (χ4n) is 3.10. The lowest BCUT2D eigenvalue weighted by Crippen LogP contribution is -2.49. The van der Waals surface area contributed by atoms with Crippen molar-refractivity contribution in [3.05, 3.63) is 0 Å². The van der Waals surface area contributed by atoms with Crippen LogP contribution in [0, 0.1) is 11.8 Å². The number of nitrogens with zero attached hydrogens (tertiary/aromatic N) is 1. The van der Waals surface area contributed by atoms with Gasteiger partial charge >= 0.3 is 0 Å². The molecule has 1 heterocycles. The molecule has 3 nitrogen and oxygen atoms in total. The first kappa shape index (κ1) is 11.9. The van der Waals surface area contributed by atoms with Gasteiger partial charge in [-0.05, 0) is 38.5 Å². The summed E-state index contributed by atoms with van der Waals surface area (Å²) in [7, 11) is 0. The number of hydrogen-bond donors (Lipinski definition) is 1. The van der Waals surface area contributed by atoms with Crippen molar-refractivity contribution in [3.63, 3.8) is 0 Å². The summed E-state index contributed by atoms with van der Waals surface area (Å²) >= 11 is 0. The van der Waals surface area contributed by atoms with Crippen molar-refractivity contribution in [2.24, 2.45) is 17.6 Å². The predicted molar refractivity (Wildman–Crippen MR) is 64.9 cm³/mol. The second-order valence-corrected chi connectivity index (χ2v) is 5.72. The summed E-state index contributed by atoms with van der Waals surface area (Å²) < 4.78 is 0. The van der Waals surface area contributed by atoms with Gasteiger partial charge in [-0.15, -0.1) is 0 Å². The Bertz CT molecular complexity index is 267. The molecule has 2 fully saturated rings. The van der Waals surface area contributed by atoms with Crippen LogP contribution in [0.4, 0.5) is 0 Å². The zero-order valence-corrected chi connectivity index (χ0v) is 10.5. The second-order valence-electron chi connectivity index (χ2n) is 5.72. The van der Waals surface area contributed by atoms with Crippen molar-refractivity contribution in [2.75, 3.05) is 6.54 Å². The Kier molecular flexibility index (Phi) is 3.53. The fourth-order valence-corrected chi connectivity index (χ4v) is 3.10. The van der Waals surface area contributed by atoms with Crippen LogP contribution in [0.3, 0.4) is 0 Å². The van der Waals surface area contributed by atoms with Crippen LogP contribution >= 0.6 is 0 Å². The average molecular weight is 224 g/mol. The SMILES string of the molecule is CC1CCC(C)N(C(=O)C2CCCC2N)C1. The lowest BCUT2D eigenvalue weighted by atomic mass is 9.92. The summed E-state index contributed by atoms with van der Waals surface area (Å²) in [4.78, 5) is 14.5. The van der Waals surface area contributed by atoms with Gasteiger partial charge in [0.25, 0.3) is 0 Å². The molecule has 0 aromatic carbocycles. The van der Waals surface area contributed by atoms with Crippen LogP contribution in [0.5, 0.6) is 0 Å². The third-order valence-corrected chi connectivity index (χ3v) is 4.29. The number of rotatable bonds is 1. The number of amides is 1. The van der Waals surface area contributed by atoms with E-state index in [2.05, 4.69) is 18.7 Å². The van der Waals surface area contributed by atoms with E-state index in [0.29, 0.717) is 17.9 Å². The normalized spacial score (nSPS) is 40.1. The number of piperidine rings is 1. The van der Waals surface area contributed by atoms with Crippen LogP contribution in [0.15, 0.2) is 0 Å². The van der Waals surface area contributed by atoms with Crippen LogP contribution in [0.2, 0.25) is 0 Å². The van der Waals surface area contributed by atoms with Crippen molar-refractivity contribution in [3.8, 4) is 0 Å². The van der Waals surface area contributed by atoms with E-state index >= 15 is 0 Å². The van der Waals surface area contributed by atoms with Gasteiger partial charge in [0.05, 0.1) is 5.92 Å². The van der Waals surface area contributed by atoms with Crippen LogP contribution in [-0.2, 0) is 4.79 Å². The molecule has 0 aromatic heterocycles. The molecule has 1 saturated carbocycles. The number of hydrogen-bond acceptors (Lipinski definition) is 2. The van der Waals surface area contributed by atoms with Crippen molar-refractivity contribution >= 4 is 5.91 Å². The Balaban J connectivity index is 2.02. The van der Waals surface area contributed by atoms with Crippen molar-refractivity contribution < 1.29 is 4.79 Å². The Hall–Kier alpha value is -0.570. The molecule has 0 spiro atoms. The largest absolute Gasteiger partial charge is 0.339 e. The molecule has 3 heteroatoms. The first-order valence-corrected chi connectivity index (χ1v) is 6.65. The second kappa shape index (κ2) is 4.74. The van der Waals surface area contributed by atoms with E-state index in [1.54, 1.807) is 0 Å². The van der Waals surface area contributed by atoms with E-state index in [0.717, 1.165) is 32.2 Å². The molecule has 4 unspecified atom stereocenters. The summed E-state index contributed by atoms with van der Waals surface area (Å²) in [5.41, 5.74) is 6.02. The predicted octanol–water partition coefficient (Wildman–Crippen LogP) is 1.76. The zero-order valence-electron chi connectivity index (χ0n) is 10.5. The highest BCUT2D eigenvalue weighted by Gasteiger charge is 2.36. The van der Waals surface area contributed by atoms with Crippen LogP contribution < -0.4 is 5.73 Å². The van der Waals surface area contributed by atoms with Crippen LogP contribution in [0.1, 0.15) is 46.0 Å². The number of carbonyl (C=O) groups excluding carboxylic acids is 1. The van der Waals surface area contributed by atoms with Gasteiger partial charge in [-0.3, -0.25) is 4.79 Å². The van der Waals surface area contributed by atoms with Crippen molar-refractivity contribution in [1.29, 1.82) is 0 Å². The Morgan fingerprint density at radius 3 is 2.56 bits per heavy atom. The zero-order chi connectivity index (χ0) is 11.7. The maximum atomic E-state index is 12.4. The monoisotopic (exact) mass is 224 g/mol. The summed E-state index contributed by atoms with van der Waals surface area (Å²) in [6, 6.07) is 0.522. The molecule has 16 heavy (non-hydrogen) atoms. The van der Waals surface area contributed by atoms with Gasteiger partial charge in [-0.25, -0.2) is 0 Å². The lowest BCUT2D eigenvalue weighted by molar-refractivity contribution is -0.140. The first-order valence-electron chi connectivity index (χ1n) is 6.65. The van der Waals surface area contributed by atoms with Gasteiger partial charge in [0, 0.05) is 18.6 Å². The molecule has 0 aromatic rings. The molecule has 0 bridgehead atoms.